The number of nitrogens with one attached hydrogen (secondary N) is 1. The summed E-state index contributed by atoms with van der Waals surface area (Å²) in [5.41, 5.74) is -0.534. The van der Waals surface area contributed by atoms with Crippen LogP contribution in [-0.4, -0.2) is 35.7 Å². The lowest BCUT2D eigenvalue weighted by atomic mass is 10.2. The minimum atomic E-state index is -1.02. The van der Waals surface area contributed by atoms with E-state index in [0.717, 1.165) is 0 Å². The highest BCUT2D eigenvalue weighted by molar-refractivity contribution is 5.67. The zero-order valence-corrected chi connectivity index (χ0v) is 8.74. The normalized spacial score (nSPS) is 13.1. The molecule has 2 N–H and O–H groups in total. The van der Waals surface area contributed by atoms with Crippen LogP contribution in [0.1, 0.15) is 27.2 Å². The van der Waals surface area contributed by atoms with E-state index in [-0.39, 0.29) is 13.0 Å². The molecule has 1 unspecified atom stereocenters. The lowest BCUT2D eigenvalue weighted by Gasteiger charge is -2.19. The average molecular weight is 203 g/mol. The number of amides is 1. The minimum absolute atomic E-state index is 0.197. The van der Waals surface area contributed by atoms with Crippen molar-refractivity contribution in [2.45, 2.75) is 38.9 Å². The van der Waals surface area contributed by atoms with E-state index >= 15 is 0 Å². The molecule has 1 amide bonds. The van der Waals surface area contributed by atoms with Crippen LogP contribution < -0.4 is 5.32 Å². The van der Waals surface area contributed by atoms with Crippen molar-refractivity contribution < 1.29 is 19.4 Å². The standard InChI is InChI=1S/C9H17NO4/c1-9(2,3)14-8(13)10-5-4-7(12)6-11/h6-7,12H,4-5H2,1-3H3,(H,10,13). The highest BCUT2D eigenvalue weighted by Gasteiger charge is 2.15. The third-order valence-corrected chi connectivity index (χ3v) is 1.27. The largest absolute Gasteiger partial charge is 0.444 e. The molecule has 0 saturated carbocycles. The molecule has 0 heterocycles. The molecule has 0 bridgehead atoms. The van der Waals surface area contributed by atoms with Crippen molar-refractivity contribution in [1.29, 1.82) is 0 Å². The summed E-state index contributed by atoms with van der Waals surface area (Å²) < 4.78 is 4.93. The highest BCUT2D eigenvalue weighted by Crippen LogP contribution is 2.06. The lowest BCUT2D eigenvalue weighted by molar-refractivity contribution is -0.115. The first-order valence-corrected chi connectivity index (χ1v) is 4.45. The smallest absolute Gasteiger partial charge is 0.407 e. The van der Waals surface area contributed by atoms with Crippen molar-refractivity contribution in [2.75, 3.05) is 6.54 Å². The fourth-order valence-electron chi connectivity index (χ4n) is 0.704. The van der Waals surface area contributed by atoms with Gasteiger partial charge in [-0.1, -0.05) is 0 Å². The number of alkyl carbamates (subject to hydrolysis) is 1. The number of aliphatic hydroxyl groups is 1. The first-order valence-electron chi connectivity index (χ1n) is 4.45. The van der Waals surface area contributed by atoms with Crippen molar-refractivity contribution >= 4 is 12.4 Å². The van der Waals surface area contributed by atoms with Crippen LogP contribution in [0.3, 0.4) is 0 Å². The van der Waals surface area contributed by atoms with Crippen molar-refractivity contribution in [3.05, 3.63) is 0 Å². The Labute approximate surface area is 83.4 Å². The molecule has 0 radical (unpaired) electrons. The van der Waals surface area contributed by atoms with Crippen LogP contribution in [0.4, 0.5) is 4.79 Å². The third kappa shape index (κ3) is 7.54. The van der Waals surface area contributed by atoms with Gasteiger partial charge in [-0.3, -0.25) is 0 Å². The first-order chi connectivity index (χ1) is 6.35. The van der Waals surface area contributed by atoms with Crippen LogP contribution in [-0.2, 0) is 9.53 Å². The number of aldehydes is 1. The predicted octanol–water partition coefficient (Wildman–Crippen LogP) is 0.461. The van der Waals surface area contributed by atoms with Crippen LogP contribution in [0, 0.1) is 0 Å². The number of hydrogen-bond acceptors (Lipinski definition) is 4. The van der Waals surface area contributed by atoms with Gasteiger partial charge in [0.1, 0.15) is 18.0 Å². The molecule has 0 aliphatic carbocycles. The van der Waals surface area contributed by atoms with Gasteiger partial charge in [0.15, 0.2) is 0 Å². The van der Waals surface area contributed by atoms with E-state index in [2.05, 4.69) is 5.32 Å². The third-order valence-electron chi connectivity index (χ3n) is 1.27. The summed E-state index contributed by atoms with van der Waals surface area (Å²) in [4.78, 5) is 21.0. The molecule has 0 rings (SSSR count). The van der Waals surface area contributed by atoms with Crippen molar-refractivity contribution in [3.8, 4) is 0 Å². The van der Waals surface area contributed by atoms with Gasteiger partial charge in [-0.05, 0) is 27.2 Å². The molecular weight excluding hydrogens is 186 g/mol. The first kappa shape index (κ1) is 12.9. The molecule has 0 aromatic carbocycles. The highest BCUT2D eigenvalue weighted by atomic mass is 16.6. The maximum Gasteiger partial charge on any atom is 0.407 e. The average Bonchev–Trinajstić information content (AvgIpc) is 2.00. The van der Waals surface area contributed by atoms with Gasteiger partial charge >= 0.3 is 6.09 Å². The Balaban J connectivity index is 3.60. The molecule has 1 atom stereocenters. The molecule has 0 aromatic heterocycles. The van der Waals surface area contributed by atoms with Crippen molar-refractivity contribution in [3.63, 3.8) is 0 Å². The molecule has 82 valence electrons. The van der Waals surface area contributed by atoms with Gasteiger partial charge in [0, 0.05) is 6.54 Å². The maximum atomic E-state index is 11.0. The fourth-order valence-corrected chi connectivity index (χ4v) is 0.704. The molecule has 5 heteroatoms. The zero-order chi connectivity index (χ0) is 11.2. The molecule has 0 aromatic rings. The Bertz CT molecular complexity index is 197. The SMILES string of the molecule is CC(C)(C)OC(=O)NCCC(O)C=O. The molecule has 0 aliphatic heterocycles. The van der Waals surface area contributed by atoms with Crippen LogP contribution in [0.25, 0.3) is 0 Å². The molecule has 0 saturated heterocycles. The Morgan fingerprint density at radius 2 is 2.14 bits per heavy atom. The number of ether oxygens (including phenoxy) is 1. The Morgan fingerprint density at radius 3 is 2.57 bits per heavy atom. The molecule has 0 fully saturated rings. The lowest BCUT2D eigenvalue weighted by Crippen LogP contribution is -2.34. The van der Waals surface area contributed by atoms with E-state index in [1.54, 1.807) is 20.8 Å². The van der Waals surface area contributed by atoms with Crippen molar-refractivity contribution in [2.24, 2.45) is 0 Å². The molecule has 0 spiro atoms. The van der Waals surface area contributed by atoms with E-state index in [0.29, 0.717) is 6.29 Å². The molecule has 0 aliphatic rings. The van der Waals surface area contributed by atoms with E-state index in [1.807, 2.05) is 0 Å². The van der Waals surface area contributed by atoms with Gasteiger partial charge in [0.05, 0.1) is 0 Å². The predicted molar refractivity (Wildman–Crippen MR) is 50.9 cm³/mol. The van der Waals surface area contributed by atoms with E-state index in [1.165, 1.54) is 0 Å². The second kappa shape index (κ2) is 5.59. The van der Waals surface area contributed by atoms with Crippen LogP contribution in [0.2, 0.25) is 0 Å². The summed E-state index contributed by atoms with van der Waals surface area (Å²) in [7, 11) is 0. The minimum Gasteiger partial charge on any atom is -0.444 e. The fraction of sp³-hybridized carbons (Fsp3) is 0.778. The molecular formula is C9H17NO4. The van der Waals surface area contributed by atoms with Gasteiger partial charge < -0.3 is 20.0 Å². The Morgan fingerprint density at radius 1 is 1.57 bits per heavy atom. The second-order valence-electron chi connectivity index (χ2n) is 3.92. The summed E-state index contributed by atoms with van der Waals surface area (Å²) in [6.07, 6.45) is -0.944. The zero-order valence-electron chi connectivity index (χ0n) is 8.74. The Kier molecular flexibility index (Phi) is 5.15. The van der Waals surface area contributed by atoms with E-state index in [4.69, 9.17) is 9.84 Å². The Hall–Kier alpha value is -1.10. The van der Waals surface area contributed by atoms with Crippen LogP contribution in [0.15, 0.2) is 0 Å². The van der Waals surface area contributed by atoms with E-state index in [9.17, 15) is 9.59 Å². The second-order valence-corrected chi connectivity index (χ2v) is 3.92. The van der Waals surface area contributed by atoms with Gasteiger partial charge in [-0.2, -0.15) is 0 Å². The maximum absolute atomic E-state index is 11.0. The van der Waals surface area contributed by atoms with Gasteiger partial charge in [-0.25, -0.2) is 4.79 Å². The molecule has 14 heavy (non-hydrogen) atoms. The topological polar surface area (TPSA) is 75.6 Å². The summed E-state index contributed by atoms with van der Waals surface area (Å²) in [5, 5.41) is 11.3. The number of carbonyl (C=O) groups excluding carboxylic acids is 2. The summed E-state index contributed by atoms with van der Waals surface area (Å²) >= 11 is 0. The summed E-state index contributed by atoms with van der Waals surface area (Å²) in [5.74, 6) is 0. The van der Waals surface area contributed by atoms with Crippen LogP contribution in [0.5, 0.6) is 0 Å². The van der Waals surface area contributed by atoms with Gasteiger partial charge in [-0.15, -0.1) is 0 Å². The number of rotatable bonds is 4. The number of aliphatic hydroxyl groups excluding tert-OH is 1. The number of hydrogen-bond donors (Lipinski definition) is 2. The summed E-state index contributed by atoms with van der Waals surface area (Å²) in [6.45, 7) is 5.49. The van der Waals surface area contributed by atoms with Crippen molar-refractivity contribution in [1.82, 2.24) is 5.32 Å². The monoisotopic (exact) mass is 203 g/mol. The number of carbonyl (C=O) groups is 2. The van der Waals surface area contributed by atoms with Gasteiger partial charge in [0.25, 0.3) is 0 Å². The van der Waals surface area contributed by atoms with Gasteiger partial charge in [0.2, 0.25) is 0 Å². The van der Waals surface area contributed by atoms with Crippen LogP contribution >= 0.6 is 0 Å². The summed E-state index contributed by atoms with van der Waals surface area (Å²) in [6, 6.07) is 0. The molecule has 5 nitrogen and oxygen atoms in total. The van der Waals surface area contributed by atoms with E-state index < -0.39 is 17.8 Å². The quantitative estimate of drug-likeness (QED) is 0.651.